The Balaban J connectivity index is 2.49. The number of ether oxygens (including phenoxy) is 1. The van der Waals surface area contributed by atoms with Gasteiger partial charge in [0.1, 0.15) is 0 Å². The molecule has 1 heterocycles. The number of aromatic nitrogens is 1. The van der Waals surface area contributed by atoms with E-state index < -0.39 is 0 Å². The zero-order valence-corrected chi connectivity index (χ0v) is 12.7. The summed E-state index contributed by atoms with van der Waals surface area (Å²) in [5, 5.41) is 15.2. The van der Waals surface area contributed by atoms with Gasteiger partial charge in [-0.15, -0.1) is 11.3 Å². The summed E-state index contributed by atoms with van der Waals surface area (Å²) >= 11 is 1.63. The molecule has 106 valence electrons. The number of nitriles is 1. The Labute approximate surface area is 119 Å². The van der Waals surface area contributed by atoms with Gasteiger partial charge in [0.25, 0.3) is 0 Å². The number of anilines is 1. The van der Waals surface area contributed by atoms with Crippen molar-refractivity contribution in [2.24, 2.45) is 5.92 Å². The van der Waals surface area contributed by atoms with Crippen LogP contribution >= 0.6 is 11.3 Å². The molecule has 1 rings (SSSR count). The van der Waals surface area contributed by atoms with Gasteiger partial charge in [-0.1, -0.05) is 0 Å². The fourth-order valence-corrected chi connectivity index (χ4v) is 2.53. The summed E-state index contributed by atoms with van der Waals surface area (Å²) < 4.78 is 4.98. The van der Waals surface area contributed by atoms with E-state index in [0.717, 1.165) is 37.0 Å². The fraction of sp³-hybridized carbons (Fsp3) is 0.692. The first-order chi connectivity index (χ1) is 9.21. The molecular formula is C13H22N4OS. The fourth-order valence-electron chi connectivity index (χ4n) is 1.63. The molecule has 0 spiro atoms. The van der Waals surface area contributed by atoms with E-state index in [2.05, 4.69) is 33.6 Å². The summed E-state index contributed by atoms with van der Waals surface area (Å²) in [7, 11) is 1.69. The third kappa shape index (κ3) is 5.55. The van der Waals surface area contributed by atoms with Crippen molar-refractivity contribution in [2.75, 3.05) is 38.3 Å². The highest BCUT2D eigenvalue weighted by atomic mass is 32.1. The average Bonchev–Trinajstić information content (AvgIpc) is 2.89. The molecule has 0 aliphatic heterocycles. The smallest absolute Gasteiger partial charge is 0.185 e. The van der Waals surface area contributed by atoms with E-state index in [-0.39, 0.29) is 5.92 Å². The summed E-state index contributed by atoms with van der Waals surface area (Å²) in [6, 6.07) is 2.26. The number of hydrogen-bond acceptors (Lipinski definition) is 6. The number of methoxy groups -OCH3 is 1. The summed E-state index contributed by atoms with van der Waals surface area (Å²) in [5.41, 5.74) is 1.04. The highest BCUT2D eigenvalue weighted by Gasteiger charge is 2.12. The monoisotopic (exact) mass is 282 g/mol. The lowest BCUT2D eigenvalue weighted by Crippen LogP contribution is -2.27. The van der Waals surface area contributed by atoms with Gasteiger partial charge in [-0.05, 0) is 13.8 Å². The molecule has 0 bridgehead atoms. The van der Waals surface area contributed by atoms with Crippen molar-refractivity contribution in [3.8, 4) is 6.07 Å². The summed E-state index contributed by atoms with van der Waals surface area (Å²) in [4.78, 5) is 6.75. The van der Waals surface area contributed by atoms with Gasteiger partial charge < -0.3 is 15.0 Å². The number of rotatable bonds is 9. The standard InChI is InChI=1S/C13H22N4OS/c1-4-17(9-11(2)7-14)13-16-12(10-19-13)8-15-5-6-18-3/h10-11,15H,4-6,8-9H2,1-3H3. The van der Waals surface area contributed by atoms with Crippen LogP contribution in [0.15, 0.2) is 5.38 Å². The van der Waals surface area contributed by atoms with Crippen molar-refractivity contribution in [3.05, 3.63) is 11.1 Å². The summed E-state index contributed by atoms with van der Waals surface area (Å²) in [5.74, 6) is 0.0205. The lowest BCUT2D eigenvalue weighted by Gasteiger charge is -2.20. The predicted molar refractivity (Wildman–Crippen MR) is 78.4 cm³/mol. The van der Waals surface area contributed by atoms with Crippen LogP contribution in [-0.4, -0.2) is 38.3 Å². The van der Waals surface area contributed by atoms with Gasteiger partial charge in [0, 0.05) is 38.7 Å². The third-order valence-corrected chi connectivity index (χ3v) is 3.65. The normalized spacial score (nSPS) is 12.1. The van der Waals surface area contributed by atoms with E-state index >= 15 is 0 Å². The Bertz CT molecular complexity index is 402. The lowest BCUT2D eigenvalue weighted by molar-refractivity contribution is 0.199. The van der Waals surface area contributed by atoms with Crippen molar-refractivity contribution in [2.45, 2.75) is 20.4 Å². The van der Waals surface area contributed by atoms with E-state index in [1.54, 1.807) is 18.4 Å². The molecule has 0 aliphatic rings. The molecule has 0 aromatic carbocycles. The van der Waals surface area contributed by atoms with Crippen LogP contribution in [0.5, 0.6) is 0 Å². The number of thiazole rings is 1. The SMILES string of the molecule is CCN(CC(C)C#N)c1nc(CNCCOC)cs1. The second-order valence-electron chi connectivity index (χ2n) is 4.36. The van der Waals surface area contributed by atoms with E-state index in [9.17, 15) is 0 Å². The van der Waals surface area contributed by atoms with Crippen molar-refractivity contribution in [1.82, 2.24) is 10.3 Å². The van der Waals surface area contributed by atoms with E-state index in [4.69, 9.17) is 10.00 Å². The summed E-state index contributed by atoms with van der Waals surface area (Å²) in [6.45, 7) is 7.91. The van der Waals surface area contributed by atoms with Crippen LogP contribution in [-0.2, 0) is 11.3 Å². The largest absolute Gasteiger partial charge is 0.383 e. The number of hydrogen-bond donors (Lipinski definition) is 1. The molecule has 0 saturated carbocycles. The van der Waals surface area contributed by atoms with Crippen LogP contribution in [0.2, 0.25) is 0 Å². The highest BCUT2D eigenvalue weighted by molar-refractivity contribution is 7.13. The molecule has 0 amide bonds. The molecule has 1 aromatic heterocycles. The molecule has 1 unspecified atom stereocenters. The zero-order valence-electron chi connectivity index (χ0n) is 11.8. The first kappa shape index (κ1) is 15.9. The Morgan fingerprint density at radius 1 is 1.63 bits per heavy atom. The first-order valence-electron chi connectivity index (χ1n) is 6.49. The maximum absolute atomic E-state index is 8.88. The Hall–Kier alpha value is -1.16. The average molecular weight is 282 g/mol. The van der Waals surface area contributed by atoms with E-state index in [0.29, 0.717) is 6.61 Å². The van der Waals surface area contributed by atoms with Gasteiger partial charge in [0.05, 0.1) is 24.3 Å². The van der Waals surface area contributed by atoms with Crippen LogP contribution in [0.25, 0.3) is 0 Å². The van der Waals surface area contributed by atoms with Gasteiger partial charge in [-0.2, -0.15) is 5.26 Å². The van der Waals surface area contributed by atoms with Gasteiger partial charge >= 0.3 is 0 Å². The Kier molecular flexibility index (Phi) is 7.41. The minimum Gasteiger partial charge on any atom is -0.383 e. The van der Waals surface area contributed by atoms with Gasteiger partial charge in [-0.3, -0.25) is 0 Å². The minimum atomic E-state index is 0.0205. The van der Waals surface area contributed by atoms with Gasteiger partial charge in [0.15, 0.2) is 5.13 Å². The molecule has 0 saturated heterocycles. The topological polar surface area (TPSA) is 61.2 Å². The third-order valence-electron chi connectivity index (χ3n) is 2.70. The quantitative estimate of drug-likeness (QED) is 0.701. The molecule has 5 nitrogen and oxygen atoms in total. The maximum Gasteiger partial charge on any atom is 0.185 e. The molecule has 19 heavy (non-hydrogen) atoms. The molecule has 0 fully saturated rings. The highest BCUT2D eigenvalue weighted by Crippen LogP contribution is 2.21. The molecule has 1 N–H and O–H groups in total. The maximum atomic E-state index is 8.88. The van der Waals surface area contributed by atoms with Gasteiger partial charge in [0.2, 0.25) is 0 Å². The molecule has 1 atom stereocenters. The van der Waals surface area contributed by atoms with E-state index in [1.165, 1.54) is 0 Å². The van der Waals surface area contributed by atoms with Crippen molar-refractivity contribution >= 4 is 16.5 Å². The molecule has 0 radical (unpaired) electrons. The summed E-state index contributed by atoms with van der Waals surface area (Å²) in [6.07, 6.45) is 0. The van der Waals surface area contributed by atoms with E-state index in [1.807, 2.05) is 6.92 Å². The Morgan fingerprint density at radius 2 is 2.42 bits per heavy atom. The van der Waals surface area contributed by atoms with Crippen LogP contribution < -0.4 is 10.2 Å². The van der Waals surface area contributed by atoms with Crippen molar-refractivity contribution in [1.29, 1.82) is 5.26 Å². The van der Waals surface area contributed by atoms with Crippen LogP contribution in [0, 0.1) is 17.2 Å². The second-order valence-corrected chi connectivity index (χ2v) is 5.20. The zero-order chi connectivity index (χ0) is 14.1. The molecule has 0 aliphatic carbocycles. The molecule has 6 heteroatoms. The van der Waals surface area contributed by atoms with Crippen LogP contribution in [0.1, 0.15) is 19.5 Å². The number of nitrogens with one attached hydrogen (secondary N) is 1. The van der Waals surface area contributed by atoms with Crippen molar-refractivity contribution < 1.29 is 4.74 Å². The molecular weight excluding hydrogens is 260 g/mol. The lowest BCUT2D eigenvalue weighted by atomic mass is 10.2. The predicted octanol–water partition coefficient (Wildman–Crippen LogP) is 1.87. The van der Waals surface area contributed by atoms with Crippen LogP contribution in [0.3, 0.4) is 0 Å². The Morgan fingerprint density at radius 3 is 3.05 bits per heavy atom. The van der Waals surface area contributed by atoms with Gasteiger partial charge in [-0.25, -0.2) is 4.98 Å². The first-order valence-corrected chi connectivity index (χ1v) is 7.37. The van der Waals surface area contributed by atoms with Crippen LogP contribution in [0.4, 0.5) is 5.13 Å². The minimum absolute atomic E-state index is 0.0205. The molecule has 1 aromatic rings. The number of nitrogens with zero attached hydrogens (tertiary/aromatic N) is 3. The second kappa shape index (κ2) is 8.86. The van der Waals surface area contributed by atoms with Crippen molar-refractivity contribution in [3.63, 3.8) is 0 Å².